The van der Waals surface area contributed by atoms with Gasteiger partial charge in [-0.2, -0.15) is 13.2 Å². The largest absolute Gasteiger partial charge is 0.418 e. The topological polar surface area (TPSA) is 84.7 Å². The zero-order valence-corrected chi connectivity index (χ0v) is 14.8. The van der Waals surface area contributed by atoms with E-state index < -0.39 is 23.6 Å². The lowest BCUT2D eigenvalue weighted by Crippen LogP contribution is -2.36. The second-order valence-corrected chi connectivity index (χ2v) is 6.23. The van der Waals surface area contributed by atoms with Crippen LogP contribution in [-0.2, 0) is 10.9 Å². The molecule has 3 N–H and O–H groups in total. The first-order chi connectivity index (χ1) is 13.3. The average Bonchev–Trinajstić information content (AvgIpc) is 2.68. The zero-order valence-electron chi connectivity index (χ0n) is 14.8. The van der Waals surface area contributed by atoms with Gasteiger partial charge in [-0.3, -0.25) is 9.59 Å². The molecule has 6 nitrogen and oxygen atoms in total. The summed E-state index contributed by atoms with van der Waals surface area (Å²) in [4.78, 5) is 25.4. The van der Waals surface area contributed by atoms with Crippen molar-refractivity contribution in [1.29, 1.82) is 0 Å². The molecule has 0 aliphatic carbocycles. The fraction of sp³-hybridized carbons (Fsp3) is 0.263. The van der Waals surface area contributed by atoms with Crippen LogP contribution in [0.1, 0.15) is 26.3 Å². The van der Waals surface area contributed by atoms with Gasteiger partial charge >= 0.3 is 6.18 Å². The number of alkyl halides is 3. The average molecular weight is 393 g/mol. The van der Waals surface area contributed by atoms with E-state index in [1.807, 2.05) is 0 Å². The van der Waals surface area contributed by atoms with Crippen LogP contribution in [0.25, 0.3) is 0 Å². The normalized spacial score (nSPS) is 14.6. The van der Waals surface area contributed by atoms with Crippen LogP contribution in [0.4, 0.5) is 24.5 Å². The van der Waals surface area contributed by atoms with Gasteiger partial charge in [-0.25, -0.2) is 0 Å². The molecule has 3 rings (SSSR count). The summed E-state index contributed by atoms with van der Waals surface area (Å²) in [5.74, 6) is -1.51. The Kier molecular flexibility index (Phi) is 5.55. The van der Waals surface area contributed by atoms with Crippen molar-refractivity contribution in [1.82, 2.24) is 0 Å². The molecule has 9 heteroatoms. The first-order valence-corrected chi connectivity index (χ1v) is 8.51. The summed E-state index contributed by atoms with van der Waals surface area (Å²) in [6.07, 6.45) is -4.65. The number of benzene rings is 2. The van der Waals surface area contributed by atoms with E-state index in [1.54, 1.807) is 4.90 Å². The Bertz CT molecular complexity index is 893. The van der Waals surface area contributed by atoms with Gasteiger partial charge in [0.2, 0.25) is 5.91 Å². The number of nitrogens with one attached hydrogen (secondary N) is 1. The van der Waals surface area contributed by atoms with E-state index in [4.69, 9.17) is 10.5 Å². The molecule has 1 aliphatic heterocycles. The highest BCUT2D eigenvalue weighted by atomic mass is 19.4. The highest BCUT2D eigenvalue weighted by Crippen LogP contribution is 2.37. The minimum Gasteiger partial charge on any atom is -0.378 e. The van der Waals surface area contributed by atoms with Crippen LogP contribution in [-0.4, -0.2) is 38.1 Å². The molecule has 1 heterocycles. The smallest absolute Gasteiger partial charge is 0.378 e. The number of rotatable bonds is 4. The second-order valence-electron chi connectivity index (χ2n) is 6.23. The summed E-state index contributed by atoms with van der Waals surface area (Å²) in [6, 6.07) is 9.23. The third kappa shape index (κ3) is 4.42. The van der Waals surface area contributed by atoms with Gasteiger partial charge in [-0.15, -0.1) is 0 Å². The number of carbonyl (C=O) groups is 2. The summed E-state index contributed by atoms with van der Waals surface area (Å²) in [5, 5.41) is 2.28. The highest BCUT2D eigenvalue weighted by Gasteiger charge is 2.35. The zero-order chi connectivity index (χ0) is 20.3. The molecule has 1 saturated heterocycles. The number of anilines is 2. The summed E-state index contributed by atoms with van der Waals surface area (Å²) in [6.45, 7) is 1.86. The predicted molar refractivity (Wildman–Crippen MR) is 97.4 cm³/mol. The number of nitrogens with two attached hydrogens (primary N) is 1. The number of ether oxygens (including phenoxy) is 1. The van der Waals surface area contributed by atoms with Gasteiger partial charge in [0.25, 0.3) is 5.91 Å². The molecule has 2 aromatic carbocycles. The molecule has 0 spiro atoms. The number of carbonyl (C=O) groups excluding carboxylic acids is 2. The van der Waals surface area contributed by atoms with Crippen molar-refractivity contribution in [3.8, 4) is 0 Å². The summed E-state index contributed by atoms with van der Waals surface area (Å²) in [5.41, 5.74) is 4.39. The number of morpholine rings is 1. The van der Waals surface area contributed by atoms with E-state index in [0.717, 1.165) is 6.07 Å². The molecule has 0 atom stereocenters. The van der Waals surface area contributed by atoms with Crippen LogP contribution in [0.5, 0.6) is 0 Å². The van der Waals surface area contributed by atoms with Gasteiger partial charge in [-0.1, -0.05) is 6.07 Å². The molecule has 1 fully saturated rings. The Morgan fingerprint density at radius 1 is 1.04 bits per heavy atom. The summed E-state index contributed by atoms with van der Waals surface area (Å²) in [7, 11) is 0. The standard InChI is InChI=1S/C19H18F3N3O3/c20-19(21,22)15-11-14(25-6-8-28-9-7-25)4-5-16(15)24-18(27)13-3-1-2-12(10-13)17(23)26/h1-5,10-11H,6-9H2,(H2,23,26)(H,24,27). The maximum absolute atomic E-state index is 13.6. The molecule has 1 aliphatic rings. The molecular weight excluding hydrogens is 375 g/mol. The number of primary amides is 1. The molecular formula is C19H18F3N3O3. The van der Waals surface area contributed by atoms with Crippen LogP contribution < -0.4 is 16.0 Å². The lowest BCUT2D eigenvalue weighted by atomic mass is 10.1. The van der Waals surface area contributed by atoms with Crippen molar-refractivity contribution in [2.45, 2.75) is 6.18 Å². The van der Waals surface area contributed by atoms with E-state index in [2.05, 4.69) is 5.32 Å². The molecule has 2 amide bonds. The first-order valence-electron chi connectivity index (χ1n) is 8.51. The summed E-state index contributed by atoms with van der Waals surface area (Å²) < 4.78 is 45.9. The maximum Gasteiger partial charge on any atom is 0.418 e. The van der Waals surface area contributed by atoms with E-state index >= 15 is 0 Å². The molecule has 2 aromatic rings. The number of amides is 2. The number of hydrogen-bond acceptors (Lipinski definition) is 4. The van der Waals surface area contributed by atoms with Gasteiger partial charge in [0, 0.05) is 29.9 Å². The molecule has 0 unspecified atom stereocenters. The Balaban J connectivity index is 1.89. The van der Waals surface area contributed by atoms with E-state index in [9.17, 15) is 22.8 Å². The van der Waals surface area contributed by atoms with Crippen molar-refractivity contribution < 1.29 is 27.5 Å². The van der Waals surface area contributed by atoms with Gasteiger partial charge in [0.1, 0.15) is 0 Å². The number of hydrogen-bond donors (Lipinski definition) is 2. The van der Waals surface area contributed by atoms with Crippen LogP contribution >= 0.6 is 0 Å². The molecule has 0 bridgehead atoms. The van der Waals surface area contributed by atoms with Crippen LogP contribution in [0.15, 0.2) is 42.5 Å². The quantitative estimate of drug-likeness (QED) is 0.837. The minimum absolute atomic E-state index is 0.0293. The van der Waals surface area contributed by atoms with Gasteiger partial charge < -0.3 is 20.7 Å². The SMILES string of the molecule is NC(=O)c1cccc(C(=O)Nc2ccc(N3CCOCC3)cc2C(F)(F)F)c1. The van der Waals surface area contributed by atoms with Crippen molar-refractivity contribution in [2.24, 2.45) is 5.73 Å². The molecule has 0 radical (unpaired) electrons. The van der Waals surface area contributed by atoms with Crippen molar-refractivity contribution in [2.75, 3.05) is 36.5 Å². The van der Waals surface area contributed by atoms with Crippen molar-refractivity contribution in [3.63, 3.8) is 0 Å². The van der Waals surface area contributed by atoms with Crippen LogP contribution in [0.2, 0.25) is 0 Å². The fourth-order valence-corrected chi connectivity index (χ4v) is 2.90. The number of nitrogens with zero attached hydrogens (tertiary/aromatic N) is 1. The molecule has 28 heavy (non-hydrogen) atoms. The second kappa shape index (κ2) is 7.89. The van der Waals surface area contributed by atoms with E-state index in [0.29, 0.717) is 32.0 Å². The van der Waals surface area contributed by atoms with Gasteiger partial charge in [0.05, 0.1) is 24.5 Å². The third-order valence-electron chi connectivity index (χ3n) is 4.34. The minimum atomic E-state index is -4.65. The highest BCUT2D eigenvalue weighted by molar-refractivity contribution is 6.06. The van der Waals surface area contributed by atoms with Crippen molar-refractivity contribution >= 4 is 23.2 Å². The predicted octanol–water partition coefficient (Wildman–Crippen LogP) is 2.89. The molecule has 0 saturated carbocycles. The number of halogens is 3. The Labute approximate surface area is 159 Å². The third-order valence-corrected chi connectivity index (χ3v) is 4.34. The lowest BCUT2D eigenvalue weighted by Gasteiger charge is -2.29. The fourth-order valence-electron chi connectivity index (χ4n) is 2.90. The maximum atomic E-state index is 13.6. The summed E-state index contributed by atoms with van der Waals surface area (Å²) >= 11 is 0. The van der Waals surface area contributed by atoms with Gasteiger partial charge in [0.15, 0.2) is 0 Å². The Hall–Kier alpha value is -3.07. The first kappa shape index (κ1) is 19.7. The molecule has 148 valence electrons. The van der Waals surface area contributed by atoms with E-state index in [-0.39, 0.29) is 16.8 Å². The lowest BCUT2D eigenvalue weighted by molar-refractivity contribution is -0.136. The van der Waals surface area contributed by atoms with Crippen molar-refractivity contribution in [3.05, 3.63) is 59.2 Å². The van der Waals surface area contributed by atoms with E-state index in [1.165, 1.54) is 36.4 Å². The Morgan fingerprint density at radius 3 is 2.36 bits per heavy atom. The van der Waals surface area contributed by atoms with Crippen LogP contribution in [0, 0.1) is 0 Å². The molecule has 0 aromatic heterocycles. The van der Waals surface area contributed by atoms with Gasteiger partial charge in [-0.05, 0) is 36.4 Å². The Morgan fingerprint density at radius 2 is 1.71 bits per heavy atom. The monoisotopic (exact) mass is 393 g/mol. The van der Waals surface area contributed by atoms with Crippen LogP contribution in [0.3, 0.4) is 0 Å².